The van der Waals surface area contributed by atoms with E-state index in [-0.39, 0.29) is 0 Å². The van der Waals surface area contributed by atoms with Gasteiger partial charge in [-0.1, -0.05) is 40.5 Å². The second-order valence-electron chi connectivity index (χ2n) is 4.73. The first-order chi connectivity index (χ1) is 6.60. The van der Waals surface area contributed by atoms with Crippen LogP contribution in [0.1, 0.15) is 47.0 Å². The summed E-state index contributed by atoms with van der Waals surface area (Å²) in [5.41, 5.74) is 5.98. The fourth-order valence-corrected chi connectivity index (χ4v) is 1.74. The van der Waals surface area contributed by atoms with Gasteiger partial charge >= 0.3 is 0 Å². The fraction of sp³-hybridized carbons (Fsp3) is 1.00. The molecule has 0 aliphatic carbocycles. The van der Waals surface area contributed by atoms with Gasteiger partial charge in [-0.3, -0.25) is 0 Å². The third kappa shape index (κ3) is 7.34. The average Bonchev–Trinajstić information content (AvgIpc) is 2.11. The van der Waals surface area contributed by atoms with Crippen molar-refractivity contribution in [3.05, 3.63) is 0 Å². The van der Waals surface area contributed by atoms with Gasteiger partial charge in [0.25, 0.3) is 0 Å². The Labute approximate surface area is 89.6 Å². The van der Waals surface area contributed by atoms with Gasteiger partial charge in [0.1, 0.15) is 0 Å². The minimum atomic E-state index is 0.323. The van der Waals surface area contributed by atoms with E-state index < -0.39 is 0 Å². The largest absolute Gasteiger partial charge is 0.327 e. The average molecular weight is 200 g/mol. The Morgan fingerprint density at radius 2 is 1.64 bits per heavy atom. The molecule has 0 aliphatic heterocycles. The highest BCUT2D eigenvalue weighted by atomic mass is 14.9. The third-order valence-electron chi connectivity index (χ3n) is 2.77. The van der Waals surface area contributed by atoms with Crippen molar-refractivity contribution in [2.24, 2.45) is 17.6 Å². The van der Waals surface area contributed by atoms with Gasteiger partial charge in [0.2, 0.25) is 0 Å². The molecule has 3 N–H and O–H groups in total. The van der Waals surface area contributed by atoms with Gasteiger partial charge in [-0.25, -0.2) is 0 Å². The summed E-state index contributed by atoms with van der Waals surface area (Å²) in [6, 6.07) is 0.323. The first-order valence-corrected chi connectivity index (χ1v) is 6.06. The third-order valence-corrected chi connectivity index (χ3v) is 2.77. The molecule has 0 amide bonds. The fourth-order valence-electron chi connectivity index (χ4n) is 1.74. The summed E-state index contributed by atoms with van der Waals surface area (Å²) in [5, 5.41) is 3.47. The number of rotatable bonds is 8. The molecule has 0 aromatic heterocycles. The quantitative estimate of drug-likeness (QED) is 0.631. The maximum Gasteiger partial charge on any atom is 0.0167 e. The first kappa shape index (κ1) is 13.9. The molecule has 86 valence electrons. The highest BCUT2D eigenvalue weighted by Crippen LogP contribution is 2.05. The van der Waals surface area contributed by atoms with Crippen LogP contribution in [0.15, 0.2) is 0 Å². The van der Waals surface area contributed by atoms with Crippen LogP contribution in [0.25, 0.3) is 0 Å². The molecule has 14 heavy (non-hydrogen) atoms. The Bertz CT molecular complexity index is 119. The van der Waals surface area contributed by atoms with E-state index in [2.05, 4.69) is 33.0 Å². The Morgan fingerprint density at radius 3 is 2.07 bits per heavy atom. The zero-order chi connectivity index (χ0) is 11.0. The number of nitrogens with one attached hydrogen (secondary N) is 1. The molecule has 0 saturated heterocycles. The van der Waals surface area contributed by atoms with Gasteiger partial charge < -0.3 is 11.1 Å². The minimum Gasteiger partial charge on any atom is -0.327 e. The molecule has 0 saturated carbocycles. The van der Waals surface area contributed by atoms with E-state index in [0.717, 1.165) is 25.4 Å². The van der Waals surface area contributed by atoms with Crippen LogP contribution in [-0.2, 0) is 0 Å². The minimum absolute atomic E-state index is 0.323. The summed E-state index contributed by atoms with van der Waals surface area (Å²) >= 11 is 0. The van der Waals surface area contributed by atoms with E-state index in [1.54, 1.807) is 0 Å². The zero-order valence-electron chi connectivity index (χ0n) is 10.3. The summed E-state index contributed by atoms with van der Waals surface area (Å²) in [4.78, 5) is 0. The molecule has 0 aromatic carbocycles. The lowest BCUT2D eigenvalue weighted by Crippen LogP contribution is -2.36. The topological polar surface area (TPSA) is 38.0 Å². The second-order valence-corrected chi connectivity index (χ2v) is 4.73. The lowest BCUT2D eigenvalue weighted by Gasteiger charge is -2.17. The highest BCUT2D eigenvalue weighted by Gasteiger charge is 2.06. The Kier molecular flexibility index (Phi) is 8.20. The van der Waals surface area contributed by atoms with Gasteiger partial charge in [0, 0.05) is 12.6 Å². The SMILES string of the molecule is CCC(CC)CNCC(N)CC(C)C. The lowest BCUT2D eigenvalue weighted by molar-refractivity contribution is 0.415. The van der Waals surface area contributed by atoms with Gasteiger partial charge in [-0.05, 0) is 24.8 Å². The van der Waals surface area contributed by atoms with Crippen molar-refractivity contribution >= 4 is 0 Å². The van der Waals surface area contributed by atoms with Crippen molar-refractivity contribution in [3.8, 4) is 0 Å². The van der Waals surface area contributed by atoms with Crippen LogP contribution in [0.5, 0.6) is 0 Å². The molecule has 0 aromatic rings. The van der Waals surface area contributed by atoms with Crippen molar-refractivity contribution < 1.29 is 0 Å². The van der Waals surface area contributed by atoms with E-state index in [1.807, 2.05) is 0 Å². The lowest BCUT2D eigenvalue weighted by atomic mass is 10.0. The molecule has 1 atom stereocenters. The molecule has 0 fully saturated rings. The molecule has 0 spiro atoms. The van der Waals surface area contributed by atoms with Crippen LogP contribution in [0, 0.1) is 11.8 Å². The normalized spacial score (nSPS) is 13.9. The summed E-state index contributed by atoms with van der Waals surface area (Å²) in [6.07, 6.45) is 3.65. The van der Waals surface area contributed by atoms with Gasteiger partial charge in [0.15, 0.2) is 0 Å². The zero-order valence-corrected chi connectivity index (χ0v) is 10.3. The first-order valence-electron chi connectivity index (χ1n) is 6.06. The summed E-state index contributed by atoms with van der Waals surface area (Å²) < 4.78 is 0. The van der Waals surface area contributed by atoms with Crippen LogP contribution in [0.3, 0.4) is 0 Å². The molecule has 0 radical (unpaired) electrons. The van der Waals surface area contributed by atoms with Crippen molar-refractivity contribution in [2.75, 3.05) is 13.1 Å². The van der Waals surface area contributed by atoms with Crippen molar-refractivity contribution in [2.45, 2.75) is 53.0 Å². The van der Waals surface area contributed by atoms with Gasteiger partial charge in [-0.2, -0.15) is 0 Å². The molecule has 1 unspecified atom stereocenters. The van der Waals surface area contributed by atoms with Crippen LogP contribution in [-0.4, -0.2) is 19.1 Å². The maximum absolute atomic E-state index is 5.98. The molecular weight excluding hydrogens is 172 g/mol. The van der Waals surface area contributed by atoms with Crippen LogP contribution < -0.4 is 11.1 Å². The van der Waals surface area contributed by atoms with Crippen molar-refractivity contribution in [1.29, 1.82) is 0 Å². The predicted molar refractivity (Wildman–Crippen MR) is 64.4 cm³/mol. The number of hydrogen-bond acceptors (Lipinski definition) is 2. The summed E-state index contributed by atoms with van der Waals surface area (Å²) in [6.45, 7) is 11.0. The second kappa shape index (κ2) is 8.25. The predicted octanol–water partition coefficient (Wildman–Crippen LogP) is 2.39. The van der Waals surface area contributed by atoms with Crippen LogP contribution in [0.4, 0.5) is 0 Å². The maximum atomic E-state index is 5.98. The molecule has 0 bridgehead atoms. The summed E-state index contributed by atoms with van der Waals surface area (Å²) in [5.74, 6) is 1.53. The van der Waals surface area contributed by atoms with E-state index in [9.17, 15) is 0 Å². The monoisotopic (exact) mass is 200 g/mol. The smallest absolute Gasteiger partial charge is 0.0167 e. The van der Waals surface area contributed by atoms with Crippen molar-refractivity contribution in [1.82, 2.24) is 5.32 Å². The Balaban J connectivity index is 3.42. The Hall–Kier alpha value is -0.0800. The molecule has 0 rings (SSSR count). The van der Waals surface area contributed by atoms with Crippen molar-refractivity contribution in [3.63, 3.8) is 0 Å². The molecule has 0 aliphatic rings. The highest BCUT2D eigenvalue weighted by molar-refractivity contribution is 4.68. The number of hydrogen-bond donors (Lipinski definition) is 2. The van der Waals surface area contributed by atoms with E-state index >= 15 is 0 Å². The molecular formula is C12H28N2. The standard InChI is InChI=1S/C12H28N2/c1-5-11(6-2)8-14-9-12(13)7-10(3)4/h10-12,14H,5-9,13H2,1-4H3. The Morgan fingerprint density at radius 1 is 1.07 bits per heavy atom. The van der Waals surface area contributed by atoms with Crippen LogP contribution in [0.2, 0.25) is 0 Å². The van der Waals surface area contributed by atoms with Gasteiger partial charge in [0.05, 0.1) is 0 Å². The summed E-state index contributed by atoms with van der Waals surface area (Å²) in [7, 11) is 0. The molecule has 2 nitrogen and oxygen atoms in total. The van der Waals surface area contributed by atoms with Gasteiger partial charge in [-0.15, -0.1) is 0 Å². The van der Waals surface area contributed by atoms with E-state index in [1.165, 1.54) is 12.8 Å². The number of nitrogens with two attached hydrogens (primary N) is 1. The van der Waals surface area contributed by atoms with E-state index in [0.29, 0.717) is 12.0 Å². The molecule has 0 heterocycles. The molecule has 2 heteroatoms. The van der Waals surface area contributed by atoms with Crippen LogP contribution >= 0.6 is 0 Å². The van der Waals surface area contributed by atoms with E-state index in [4.69, 9.17) is 5.73 Å².